The van der Waals surface area contributed by atoms with Crippen molar-refractivity contribution in [1.82, 2.24) is 15.5 Å². The van der Waals surface area contributed by atoms with Gasteiger partial charge in [-0.25, -0.2) is 4.39 Å². The van der Waals surface area contributed by atoms with Crippen molar-refractivity contribution in [3.05, 3.63) is 41.8 Å². The fourth-order valence-corrected chi connectivity index (χ4v) is 2.25. The first kappa shape index (κ1) is 15.7. The third kappa shape index (κ3) is 4.41. The summed E-state index contributed by atoms with van der Waals surface area (Å²) < 4.78 is 23.4. The van der Waals surface area contributed by atoms with Crippen LogP contribution in [0.4, 0.5) is 4.39 Å². The number of hydrogen-bond donors (Lipinski definition) is 1. The Morgan fingerprint density at radius 3 is 2.86 bits per heavy atom. The van der Waals surface area contributed by atoms with E-state index in [1.165, 1.54) is 12.1 Å². The quantitative estimate of drug-likeness (QED) is 0.918. The highest BCUT2D eigenvalue weighted by atomic mass is 35.5. The molecule has 1 aromatic heterocycles. The van der Waals surface area contributed by atoms with E-state index in [1.807, 2.05) is 0 Å². The van der Waals surface area contributed by atoms with Gasteiger partial charge in [0.05, 0.1) is 0 Å². The second kappa shape index (κ2) is 7.38. The summed E-state index contributed by atoms with van der Waals surface area (Å²) in [6, 6.07) is 5.84. The molecule has 1 N–H and O–H groups in total. The van der Waals surface area contributed by atoms with Gasteiger partial charge in [0.1, 0.15) is 11.6 Å². The van der Waals surface area contributed by atoms with Crippen molar-refractivity contribution in [3.8, 4) is 5.75 Å². The molecule has 1 aliphatic rings. The third-order valence-electron chi connectivity index (χ3n) is 3.32. The Balaban J connectivity index is 0.00000161. The number of ether oxygens (including phenoxy) is 1. The molecule has 114 valence electrons. The van der Waals surface area contributed by atoms with Crippen LogP contribution in [0.1, 0.15) is 18.1 Å². The summed E-state index contributed by atoms with van der Waals surface area (Å²) in [6.45, 7) is 2.28. The van der Waals surface area contributed by atoms with Crippen molar-refractivity contribution in [3.63, 3.8) is 0 Å². The molecule has 0 saturated carbocycles. The molecule has 0 spiro atoms. The molecular formula is C14H17ClFN3O2. The summed E-state index contributed by atoms with van der Waals surface area (Å²) in [7, 11) is 0. The standard InChI is InChI=1S/C14H16FN3O2.ClH/c15-11-1-3-12(4-2-11)19-9-13-17-14(20-18-13)7-10-5-6-16-8-10;/h1-4,10,16H,5-9H2;1H. The van der Waals surface area contributed by atoms with Crippen LogP contribution >= 0.6 is 12.4 Å². The van der Waals surface area contributed by atoms with Gasteiger partial charge in [-0.3, -0.25) is 0 Å². The molecule has 1 atom stereocenters. The van der Waals surface area contributed by atoms with Gasteiger partial charge in [-0.1, -0.05) is 5.16 Å². The number of benzene rings is 1. The van der Waals surface area contributed by atoms with Gasteiger partial charge in [0.15, 0.2) is 6.61 Å². The van der Waals surface area contributed by atoms with E-state index in [1.54, 1.807) is 12.1 Å². The summed E-state index contributed by atoms with van der Waals surface area (Å²) >= 11 is 0. The molecule has 1 unspecified atom stereocenters. The zero-order valence-electron chi connectivity index (χ0n) is 11.4. The van der Waals surface area contributed by atoms with E-state index in [0.717, 1.165) is 25.9 Å². The molecular weight excluding hydrogens is 297 g/mol. The van der Waals surface area contributed by atoms with Gasteiger partial charge in [-0.15, -0.1) is 12.4 Å². The molecule has 1 saturated heterocycles. The van der Waals surface area contributed by atoms with Crippen molar-refractivity contribution in [2.45, 2.75) is 19.4 Å². The molecule has 0 aliphatic carbocycles. The first-order valence-electron chi connectivity index (χ1n) is 6.70. The van der Waals surface area contributed by atoms with Crippen LogP contribution in [0.3, 0.4) is 0 Å². The summed E-state index contributed by atoms with van der Waals surface area (Å²) in [4.78, 5) is 4.30. The maximum Gasteiger partial charge on any atom is 0.227 e. The van der Waals surface area contributed by atoms with Gasteiger partial charge in [0.25, 0.3) is 0 Å². The average Bonchev–Trinajstić information content (AvgIpc) is 3.11. The molecule has 0 bridgehead atoms. The molecule has 2 heterocycles. The second-order valence-corrected chi connectivity index (χ2v) is 4.91. The maximum atomic E-state index is 12.7. The van der Waals surface area contributed by atoms with Gasteiger partial charge in [0, 0.05) is 6.42 Å². The summed E-state index contributed by atoms with van der Waals surface area (Å²) in [5, 5.41) is 7.19. The van der Waals surface area contributed by atoms with Crippen molar-refractivity contribution in [1.29, 1.82) is 0 Å². The van der Waals surface area contributed by atoms with Crippen LogP contribution < -0.4 is 10.1 Å². The molecule has 7 heteroatoms. The van der Waals surface area contributed by atoms with E-state index < -0.39 is 0 Å². The van der Waals surface area contributed by atoms with Crippen molar-refractivity contribution in [2.24, 2.45) is 5.92 Å². The minimum Gasteiger partial charge on any atom is -0.485 e. The van der Waals surface area contributed by atoms with Crippen LogP contribution in [0.25, 0.3) is 0 Å². The lowest BCUT2D eigenvalue weighted by atomic mass is 10.1. The highest BCUT2D eigenvalue weighted by molar-refractivity contribution is 5.85. The van der Waals surface area contributed by atoms with E-state index in [9.17, 15) is 4.39 Å². The Morgan fingerprint density at radius 1 is 1.33 bits per heavy atom. The van der Waals surface area contributed by atoms with Crippen LogP contribution in [-0.4, -0.2) is 23.2 Å². The Kier molecular flexibility index (Phi) is 5.52. The Hall–Kier alpha value is -1.66. The van der Waals surface area contributed by atoms with Crippen molar-refractivity contribution in [2.75, 3.05) is 13.1 Å². The van der Waals surface area contributed by atoms with Crippen LogP contribution in [0.2, 0.25) is 0 Å². The highest BCUT2D eigenvalue weighted by Crippen LogP contribution is 2.15. The second-order valence-electron chi connectivity index (χ2n) is 4.91. The number of hydrogen-bond acceptors (Lipinski definition) is 5. The predicted octanol–water partition coefficient (Wildman–Crippen LogP) is 2.36. The number of nitrogens with one attached hydrogen (secondary N) is 1. The molecule has 1 fully saturated rings. The van der Waals surface area contributed by atoms with Gasteiger partial charge < -0.3 is 14.6 Å². The smallest absolute Gasteiger partial charge is 0.227 e. The topological polar surface area (TPSA) is 60.2 Å². The maximum absolute atomic E-state index is 12.7. The van der Waals surface area contributed by atoms with Crippen molar-refractivity contribution >= 4 is 12.4 Å². The minimum absolute atomic E-state index is 0. The van der Waals surface area contributed by atoms with Gasteiger partial charge >= 0.3 is 0 Å². The number of aromatic nitrogens is 2. The van der Waals surface area contributed by atoms with E-state index in [2.05, 4.69) is 15.5 Å². The zero-order chi connectivity index (χ0) is 13.8. The zero-order valence-corrected chi connectivity index (χ0v) is 12.2. The SMILES string of the molecule is Cl.Fc1ccc(OCc2noc(CC3CCNC3)n2)cc1. The first-order chi connectivity index (χ1) is 9.79. The normalized spacial score (nSPS) is 17.5. The van der Waals surface area contributed by atoms with Gasteiger partial charge in [0.2, 0.25) is 11.7 Å². The summed E-state index contributed by atoms with van der Waals surface area (Å²) in [6.07, 6.45) is 1.94. The molecule has 1 aromatic carbocycles. The van der Waals surface area contributed by atoms with Gasteiger partial charge in [-0.05, 0) is 49.7 Å². The van der Waals surface area contributed by atoms with E-state index in [0.29, 0.717) is 23.4 Å². The highest BCUT2D eigenvalue weighted by Gasteiger charge is 2.18. The molecule has 0 amide bonds. The summed E-state index contributed by atoms with van der Waals surface area (Å²) in [5.41, 5.74) is 0. The van der Waals surface area contributed by atoms with E-state index in [4.69, 9.17) is 9.26 Å². The van der Waals surface area contributed by atoms with E-state index >= 15 is 0 Å². The Bertz CT molecular complexity index is 556. The van der Waals surface area contributed by atoms with Gasteiger partial charge in [-0.2, -0.15) is 4.98 Å². The van der Waals surface area contributed by atoms with E-state index in [-0.39, 0.29) is 24.8 Å². The largest absolute Gasteiger partial charge is 0.485 e. The molecule has 2 aromatic rings. The average molecular weight is 314 g/mol. The Morgan fingerprint density at radius 2 is 2.14 bits per heavy atom. The number of halogens is 2. The summed E-state index contributed by atoms with van der Waals surface area (Å²) in [5.74, 6) is 2.02. The first-order valence-corrected chi connectivity index (χ1v) is 6.70. The van der Waals surface area contributed by atoms with Crippen LogP contribution in [0.5, 0.6) is 5.75 Å². The molecule has 21 heavy (non-hydrogen) atoms. The van der Waals surface area contributed by atoms with Crippen LogP contribution in [0, 0.1) is 11.7 Å². The van der Waals surface area contributed by atoms with Crippen molar-refractivity contribution < 1.29 is 13.7 Å². The molecule has 1 aliphatic heterocycles. The monoisotopic (exact) mass is 313 g/mol. The fraction of sp³-hybridized carbons (Fsp3) is 0.429. The minimum atomic E-state index is -0.288. The lowest BCUT2D eigenvalue weighted by Crippen LogP contribution is -2.10. The molecule has 5 nitrogen and oxygen atoms in total. The van der Waals surface area contributed by atoms with Crippen LogP contribution in [0.15, 0.2) is 28.8 Å². The predicted molar refractivity (Wildman–Crippen MR) is 77.0 cm³/mol. The lowest BCUT2D eigenvalue weighted by Gasteiger charge is -2.02. The number of nitrogens with zero attached hydrogens (tertiary/aromatic N) is 2. The molecule has 0 radical (unpaired) electrons. The van der Waals surface area contributed by atoms with Crippen LogP contribution in [-0.2, 0) is 13.0 Å². The molecule has 3 rings (SSSR count). The fourth-order valence-electron chi connectivity index (χ4n) is 2.25. The Labute approximate surface area is 128 Å². The lowest BCUT2D eigenvalue weighted by molar-refractivity contribution is 0.284. The number of rotatable bonds is 5. The third-order valence-corrected chi connectivity index (χ3v) is 3.32.